The number of urea groups is 1. The van der Waals surface area contributed by atoms with Gasteiger partial charge in [-0.3, -0.25) is 0 Å². The van der Waals surface area contributed by atoms with Gasteiger partial charge in [-0.2, -0.15) is 0 Å². The summed E-state index contributed by atoms with van der Waals surface area (Å²) < 4.78 is 7.89. The molecule has 0 unspecified atom stereocenters. The van der Waals surface area contributed by atoms with E-state index in [2.05, 4.69) is 41.1 Å². The fraction of sp³-hybridized carbons (Fsp3) is 0.364. The predicted molar refractivity (Wildman–Crippen MR) is 160 cm³/mol. The summed E-state index contributed by atoms with van der Waals surface area (Å²) in [5.41, 5.74) is 5.63. The first-order valence-electron chi connectivity index (χ1n) is 14.2. The highest BCUT2D eigenvalue weighted by molar-refractivity contribution is 5.97. The van der Waals surface area contributed by atoms with Crippen LogP contribution in [0.5, 0.6) is 0 Å². The van der Waals surface area contributed by atoms with Crippen molar-refractivity contribution < 1.29 is 14.3 Å². The lowest BCUT2D eigenvalue weighted by molar-refractivity contribution is 0.00704. The van der Waals surface area contributed by atoms with Gasteiger partial charge in [-0.15, -0.1) is 0 Å². The molecule has 2 heterocycles. The van der Waals surface area contributed by atoms with Gasteiger partial charge in [0.1, 0.15) is 11.4 Å². The van der Waals surface area contributed by atoms with Gasteiger partial charge in [-0.05, 0) is 81.0 Å². The van der Waals surface area contributed by atoms with E-state index in [1.165, 1.54) is 0 Å². The molecule has 1 aliphatic rings. The molecule has 4 aromatic rings. The van der Waals surface area contributed by atoms with E-state index in [1.54, 1.807) is 0 Å². The molecule has 1 saturated heterocycles. The second-order valence-corrected chi connectivity index (χ2v) is 11.4. The van der Waals surface area contributed by atoms with Gasteiger partial charge in [0.25, 0.3) is 0 Å². The molecule has 208 valence electrons. The minimum absolute atomic E-state index is 0.0426. The maximum atomic E-state index is 12.9. The quantitative estimate of drug-likeness (QED) is 0.251. The zero-order valence-corrected chi connectivity index (χ0v) is 23.9. The number of aromatic nitrogens is 2. The summed E-state index contributed by atoms with van der Waals surface area (Å²) >= 11 is 0. The SMILES string of the molecule is CCCc1nc2ccc(NC(=O)N3CCCC3)cc2n1Cc1ccc(-c2ccccc2C(=O)OC(C)(C)C)cc1. The molecule has 0 aliphatic carbocycles. The van der Waals surface area contributed by atoms with Crippen LogP contribution in [-0.2, 0) is 17.7 Å². The molecular formula is C33H38N4O3. The number of benzene rings is 3. The molecular weight excluding hydrogens is 500 g/mol. The lowest BCUT2D eigenvalue weighted by Crippen LogP contribution is -2.32. The van der Waals surface area contributed by atoms with Crippen molar-refractivity contribution in [2.24, 2.45) is 0 Å². The van der Waals surface area contributed by atoms with E-state index in [0.29, 0.717) is 12.1 Å². The largest absolute Gasteiger partial charge is 0.456 e. The Morgan fingerprint density at radius 1 is 0.975 bits per heavy atom. The molecule has 5 rings (SSSR count). The molecule has 3 aromatic carbocycles. The lowest BCUT2D eigenvalue weighted by Gasteiger charge is -2.20. The number of likely N-dealkylation sites (tertiary alicyclic amines) is 1. The first kappa shape index (κ1) is 27.4. The molecule has 0 spiro atoms. The molecule has 1 N–H and O–H groups in total. The van der Waals surface area contributed by atoms with Crippen LogP contribution >= 0.6 is 0 Å². The summed E-state index contributed by atoms with van der Waals surface area (Å²) in [6.07, 6.45) is 3.98. The Kier molecular flexibility index (Phi) is 7.92. The number of fused-ring (bicyclic) bond motifs is 1. The van der Waals surface area contributed by atoms with Crippen LogP contribution in [0, 0.1) is 0 Å². The Labute approximate surface area is 236 Å². The van der Waals surface area contributed by atoms with E-state index < -0.39 is 5.60 Å². The Morgan fingerprint density at radius 2 is 1.70 bits per heavy atom. The van der Waals surface area contributed by atoms with Crippen LogP contribution in [0.1, 0.15) is 68.7 Å². The molecule has 7 nitrogen and oxygen atoms in total. The fourth-order valence-electron chi connectivity index (χ4n) is 5.18. The molecule has 2 amide bonds. The fourth-order valence-corrected chi connectivity index (χ4v) is 5.18. The number of nitrogens with zero attached hydrogens (tertiary/aromatic N) is 3. The van der Waals surface area contributed by atoms with E-state index in [-0.39, 0.29) is 12.0 Å². The second kappa shape index (κ2) is 11.5. The minimum atomic E-state index is -0.561. The Bertz CT molecular complexity index is 1510. The van der Waals surface area contributed by atoms with E-state index in [1.807, 2.05) is 68.1 Å². The Hall–Kier alpha value is -4.13. The minimum Gasteiger partial charge on any atom is -0.456 e. The summed E-state index contributed by atoms with van der Waals surface area (Å²) in [6, 6.07) is 21.8. The van der Waals surface area contributed by atoms with Crippen molar-refractivity contribution in [3.05, 3.63) is 83.7 Å². The van der Waals surface area contributed by atoms with Crippen LogP contribution < -0.4 is 5.32 Å². The number of amides is 2. The number of carbonyl (C=O) groups excluding carboxylic acids is 2. The zero-order chi connectivity index (χ0) is 28.3. The summed E-state index contributed by atoms with van der Waals surface area (Å²) in [4.78, 5) is 32.3. The van der Waals surface area contributed by atoms with Crippen molar-refractivity contribution >= 4 is 28.7 Å². The number of hydrogen-bond acceptors (Lipinski definition) is 4. The van der Waals surface area contributed by atoms with Gasteiger partial charge in [0.05, 0.1) is 16.6 Å². The van der Waals surface area contributed by atoms with E-state index in [4.69, 9.17) is 9.72 Å². The highest BCUT2D eigenvalue weighted by atomic mass is 16.6. The third-order valence-corrected chi connectivity index (χ3v) is 7.10. The summed E-state index contributed by atoms with van der Waals surface area (Å²) in [6.45, 7) is 10.1. The standard InChI is InChI=1S/C33H38N4O3/c1-5-10-30-35-28-18-17-25(34-32(39)36-19-8-9-20-36)21-29(28)37(30)22-23-13-15-24(16-14-23)26-11-6-7-12-27(26)31(38)40-33(2,3)4/h6-7,11-18,21H,5,8-10,19-20,22H2,1-4H3,(H,34,39). The van der Waals surface area contributed by atoms with Crippen LogP contribution in [0.4, 0.5) is 10.5 Å². The monoisotopic (exact) mass is 538 g/mol. The van der Waals surface area contributed by atoms with Crippen LogP contribution in [0.15, 0.2) is 66.7 Å². The molecule has 0 atom stereocenters. The molecule has 0 radical (unpaired) electrons. The number of imidazole rings is 1. The number of anilines is 1. The average Bonchev–Trinajstić information content (AvgIpc) is 3.58. The van der Waals surface area contributed by atoms with Crippen LogP contribution in [0.2, 0.25) is 0 Å². The van der Waals surface area contributed by atoms with Gasteiger partial charge in [-0.25, -0.2) is 14.6 Å². The maximum absolute atomic E-state index is 12.9. The van der Waals surface area contributed by atoms with Gasteiger partial charge < -0.3 is 19.5 Å². The number of hydrogen-bond donors (Lipinski definition) is 1. The van der Waals surface area contributed by atoms with Crippen LogP contribution in [0.3, 0.4) is 0 Å². The van der Waals surface area contributed by atoms with Crippen molar-refractivity contribution in [2.75, 3.05) is 18.4 Å². The predicted octanol–water partition coefficient (Wildman–Crippen LogP) is 7.29. The van der Waals surface area contributed by atoms with E-state index in [9.17, 15) is 9.59 Å². The third-order valence-electron chi connectivity index (χ3n) is 7.10. The number of rotatable bonds is 7. The van der Waals surface area contributed by atoms with Gasteiger partial charge in [0.15, 0.2) is 0 Å². The van der Waals surface area contributed by atoms with Crippen molar-refractivity contribution in [2.45, 2.75) is 65.5 Å². The van der Waals surface area contributed by atoms with Crippen molar-refractivity contribution in [1.29, 1.82) is 0 Å². The topological polar surface area (TPSA) is 76.5 Å². The Balaban J connectivity index is 1.41. The number of carbonyl (C=O) groups is 2. The molecule has 1 aromatic heterocycles. The van der Waals surface area contributed by atoms with Gasteiger partial charge >= 0.3 is 12.0 Å². The molecule has 0 saturated carbocycles. The first-order valence-corrected chi connectivity index (χ1v) is 14.2. The van der Waals surface area contributed by atoms with Crippen molar-refractivity contribution in [3.63, 3.8) is 0 Å². The molecule has 0 bridgehead atoms. The summed E-state index contributed by atoms with van der Waals surface area (Å²) in [5, 5.41) is 3.07. The maximum Gasteiger partial charge on any atom is 0.339 e. The number of aryl methyl sites for hydroxylation is 1. The molecule has 40 heavy (non-hydrogen) atoms. The number of esters is 1. The Morgan fingerprint density at radius 3 is 2.40 bits per heavy atom. The number of nitrogens with one attached hydrogen (secondary N) is 1. The average molecular weight is 539 g/mol. The van der Waals surface area contributed by atoms with Crippen molar-refractivity contribution in [1.82, 2.24) is 14.5 Å². The zero-order valence-electron chi connectivity index (χ0n) is 23.9. The normalized spacial score (nSPS) is 13.6. The van der Waals surface area contributed by atoms with Gasteiger partial charge in [0, 0.05) is 31.7 Å². The van der Waals surface area contributed by atoms with Crippen LogP contribution in [-0.4, -0.2) is 45.1 Å². The van der Waals surface area contributed by atoms with Gasteiger partial charge in [-0.1, -0.05) is 49.4 Å². The highest BCUT2D eigenvalue weighted by Crippen LogP contribution is 2.28. The summed E-state index contributed by atoms with van der Waals surface area (Å²) in [7, 11) is 0. The smallest absolute Gasteiger partial charge is 0.339 e. The molecule has 7 heteroatoms. The molecule has 1 aliphatic heterocycles. The number of ether oxygens (including phenoxy) is 1. The van der Waals surface area contributed by atoms with Crippen LogP contribution in [0.25, 0.3) is 22.2 Å². The first-order chi connectivity index (χ1) is 19.2. The summed E-state index contributed by atoms with van der Waals surface area (Å²) in [5.74, 6) is 0.703. The third kappa shape index (κ3) is 6.19. The highest BCUT2D eigenvalue weighted by Gasteiger charge is 2.21. The second-order valence-electron chi connectivity index (χ2n) is 11.4. The van der Waals surface area contributed by atoms with E-state index in [0.717, 1.165) is 78.0 Å². The molecule has 1 fully saturated rings. The van der Waals surface area contributed by atoms with Gasteiger partial charge in [0.2, 0.25) is 0 Å². The van der Waals surface area contributed by atoms with E-state index >= 15 is 0 Å². The van der Waals surface area contributed by atoms with Crippen molar-refractivity contribution in [3.8, 4) is 11.1 Å². The lowest BCUT2D eigenvalue weighted by atomic mass is 9.98.